The van der Waals surface area contributed by atoms with Gasteiger partial charge in [-0.3, -0.25) is 0 Å². The van der Waals surface area contributed by atoms with Crippen molar-refractivity contribution >= 4 is 19.5 Å². The molecule has 0 unspecified atom stereocenters. The van der Waals surface area contributed by atoms with Crippen molar-refractivity contribution in [1.82, 2.24) is 9.08 Å². The molecule has 1 aromatic heterocycles. The van der Waals surface area contributed by atoms with Gasteiger partial charge in [-0.15, -0.1) is 0 Å². The molecule has 0 saturated heterocycles. The molecule has 0 amide bonds. The van der Waals surface area contributed by atoms with Crippen LogP contribution in [-0.2, 0) is 0 Å². The Hall–Kier alpha value is -0.880. The van der Waals surface area contributed by atoms with Crippen LogP contribution in [0.4, 0.5) is 0 Å². The first-order valence-corrected chi connectivity index (χ1v) is 4.89. The van der Waals surface area contributed by atoms with Gasteiger partial charge in [0.25, 0.3) is 0 Å². The quantitative estimate of drug-likeness (QED) is 0.655. The van der Waals surface area contributed by atoms with E-state index in [9.17, 15) is 0 Å². The van der Waals surface area contributed by atoms with E-state index in [4.69, 9.17) is 0 Å². The first-order chi connectivity index (χ1) is 5.79. The second-order valence-electron chi connectivity index (χ2n) is 3.12. The molecule has 0 spiro atoms. The van der Waals surface area contributed by atoms with Crippen LogP contribution in [-0.4, -0.2) is 9.08 Å². The molecule has 0 N–H and O–H groups in total. The zero-order valence-corrected chi connectivity index (χ0v) is 8.12. The molecule has 2 rings (SSSR count). The number of fused-ring (bicyclic) bond motifs is 1. The van der Waals surface area contributed by atoms with E-state index < -0.39 is 0 Å². The molecule has 0 atom stereocenters. The maximum absolute atomic E-state index is 4.40. The zero-order chi connectivity index (χ0) is 8.55. The first kappa shape index (κ1) is 7.75. The standard InChI is InChI=1S/C9H11N2P/c1-7(2)11-9-6-4-3-5-8(9)10-12-11/h3-7H,1-2H3. The van der Waals surface area contributed by atoms with Gasteiger partial charge in [-0.2, -0.15) is 0 Å². The third kappa shape index (κ3) is 1.12. The molecule has 3 heteroatoms. The summed E-state index contributed by atoms with van der Waals surface area (Å²) >= 11 is 0. The van der Waals surface area contributed by atoms with Gasteiger partial charge < -0.3 is 4.33 Å². The normalized spacial score (nSPS) is 11.9. The van der Waals surface area contributed by atoms with Gasteiger partial charge in [-0.25, -0.2) is 4.75 Å². The summed E-state index contributed by atoms with van der Waals surface area (Å²) < 4.78 is 6.67. The van der Waals surface area contributed by atoms with Crippen LogP contribution in [0.5, 0.6) is 0 Å². The van der Waals surface area contributed by atoms with Crippen molar-refractivity contribution in [2.75, 3.05) is 0 Å². The van der Waals surface area contributed by atoms with E-state index in [0.29, 0.717) is 6.04 Å². The highest BCUT2D eigenvalue weighted by Crippen LogP contribution is 2.22. The summed E-state index contributed by atoms with van der Waals surface area (Å²) in [6.07, 6.45) is 0. The van der Waals surface area contributed by atoms with E-state index in [-0.39, 0.29) is 0 Å². The summed E-state index contributed by atoms with van der Waals surface area (Å²) in [4.78, 5) is 0. The summed E-state index contributed by atoms with van der Waals surface area (Å²) in [5.41, 5.74) is 2.38. The minimum atomic E-state index is 0.527. The Morgan fingerprint density at radius 2 is 2.08 bits per heavy atom. The average molecular weight is 178 g/mol. The van der Waals surface area contributed by atoms with Gasteiger partial charge in [0.15, 0.2) is 0 Å². The number of rotatable bonds is 1. The van der Waals surface area contributed by atoms with Crippen LogP contribution in [0.15, 0.2) is 24.3 Å². The van der Waals surface area contributed by atoms with E-state index in [2.05, 4.69) is 41.1 Å². The molecule has 12 heavy (non-hydrogen) atoms. The molecule has 0 aliphatic carbocycles. The summed E-state index contributed by atoms with van der Waals surface area (Å²) in [7, 11) is 1.06. The summed E-state index contributed by atoms with van der Waals surface area (Å²) in [6, 6.07) is 8.80. The molecule has 1 aromatic carbocycles. The predicted octanol–water partition coefficient (Wildman–Crippen LogP) is 3.20. The lowest BCUT2D eigenvalue weighted by Crippen LogP contribution is -1.94. The Bertz CT molecular complexity index is 392. The van der Waals surface area contributed by atoms with Crippen LogP contribution in [0.1, 0.15) is 19.9 Å². The number of hydrogen-bond donors (Lipinski definition) is 0. The minimum Gasteiger partial charge on any atom is -0.304 e. The van der Waals surface area contributed by atoms with E-state index in [1.165, 1.54) is 5.52 Å². The second kappa shape index (κ2) is 2.87. The highest BCUT2D eigenvalue weighted by molar-refractivity contribution is 7.21. The van der Waals surface area contributed by atoms with Gasteiger partial charge in [0.1, 0.15) is 8.51 Å². The molecule has 0 aliphatic heterocycles. The fourth-order valence-corrected chi connectivity index (χ4v) is 2.10. The topological polar surface area (TPSA) is 17.8 Å². The monoisotopic (exact) mass is 178 g/mol. The van der Waals surface area contributed by atoms with Crippen molar-refractivity contribution in [3.63, 3.8) is 0 Å². The Morgan fingerprint density at radius 1 is 1.33 bits per heavy atom. The van der Waals surface area contributed by atoms with Gasteiger partial charge in [0.05, 0.1) is 11.0 Å². The predicted molar refractivity (Wildman–Crippen MR) is 52.6 cm³/mol. The lowest BCUT2D eigenvalue weighted by molar-refractivity contribution is 0.670. The molecular formula is C9H11N2P. The summed E-state index contributed by atoms with van der Waals surface area (Å²) in [6.45, 7) is 4.37. The van der Waals surface area contributed by atoms with Crippen LogP contribution in [0.2, 0.25) is 0 Å². The van der Waals surface area contributed by atoms with Gasteiger partial charge in [0.2, 0.25) is 0 Å². The molecule has 0 radical (unpaired) electrons. The Morgan fingerprint density at radius 3 is 2.83 bits per heavy atom. The molecular weight excluding hydrogens is 167 g/mol. The van der Waals surface area contributed by atoms with Crippen molar-refractivity contribution in [2.45, 2.75) is 19.9 Å². The van der Waals surface area contributed by atoms with Crippen LogP contribution >= 0.6 is 8.51 Å². The van der Waals surface area contributed by atoms with Crippen molar-refractivity contribution in [1.29, 1.82) is 0 Å². The Balaban J connectivity index is 2.70. The Labute approximate surface area is 73.5 Å². The zero-order valence-electron chi connectivity index (χ0n) is 7.23. The number of aromatic nitrogens is 2. The number of nitrogens with zero attached hydrogens (tertiary/aromatic N) is 2. The number of benzene rings is 1. The number of hydrogen-bond acceptors (Lipinski definition) is 1. The van der Waals surface area contributed by atoms with Crippen LogP contribution < -0.4 is 0 Å². The third-order valence-corrected chi connectivity index (χ3v) is 3.04. The lowest BCUT2D eigenvalue weighted by Gasteiger charge is -2.05. The highest BCUT2D eigenvalue weighted by Gasteiger charge is 2.03. The molecule has 0 saturated carbocycles. The fraction of sp³-hybridized carbons (Fsp3) is 0.333. The Kier molecular flexibility index (Phi) is 1.86. The van der Waals surface area contributed by atoms with Crippen LogP contribution in [0.25, 0.3) is 11.0 Å². The van der Waals surface area contributed by atoms with Crippen LogP contribution in [0.3, 0.4) is 0 Å². The second-order valence-corrected chi connectivity index (χ2v) is 3.93. The van der Waals surface area contributed by atoms with E-state index in [1.54, 1.807) is 0 Å². The summed E-state index contributed by atoms with van der Waals surface area (Å²) in [5, 5.41) is 0. The molecule has 62 valence electrons. The van der Waals surface area contributed by atoms with Crippen molar-refractivity contribution in [3.8, 4) is 0 Å². The SMILES string of the molecule is CC(C)n1pnc2ccccc21. The largest absolute Gasteiger partial charge is 0.304 e. The van der Waals surface area contributed by atoms with Crippen molar-refractivity contribution < 1.29 is 0 Å². The van der Waals surface area contributed by atoms with Gasteiger partial charge in [0, 0.05) is 6.04 Å². The maximum atomic E-state index is 4.40. The van der Waals surface area contributed by atoms with Crippen molar-refractivity contribution in [2.24, 2.45) is 0 Å². The van der Waals surface area contributed by atoms with Gasteiger partial charge >= 0.3 is 0 Å². The highest BCUT2D eigenvalue weighted by atomic mass is 31.1. The average Bonchev–Trinajstić information content (AvgIpc) is 2.47. The first-order valence-electron chi connectivity index (χ1n) is 4.09. The molecule has 1 heterocycles. The third-order valence-electron chi connectivity index (χ3n) is 1.87. The van der Waals surface area contributed by atoms with E-state index in [1.807, 2.05) is 6.07 Å². The molecule has 0 aliphatic rings. The fourth-order valence-electron chi connectivity index (χ4n) is 1.27. The maximum Gasteiger partial charge on any atom is 0.133 e. The van der Waals surface area contributed by atoms with Gasteiger partial charge in [-0.1, -0.05) is 12.1 Å². The molecule has 2 aromatic rings. The molecule has 0 bridgehead atoms. The van der Waals surface area contributed by atoms with E-state index in [0.717, 1.165) is 14.0 Å². The van der Waals surface area contributed by atoms with Crippen molar-refractivity contribution in [3.05, 3.63) is 24.3 Å². The minimum absolute atomic E-state index is 0.527. The van der Waals surface area contributed by atoms with Gasteiger partial charge in [-0.05, 0) is 26.0 Å². The van der Waals surface area contributed by atoms with E-state index >= 15 is 0 Å². The molecule has 2 nitrogen and oxygen atoms in total. The summed E-state index contributed by atoms with van der Waals surface area (Å²) in [5.74, 6) is 0. The number of para-hydroxylation sites is 1. The smallest absolute Gasteiger partial charge is 0.133 e. The van der Waals surface area contributed by atoms with Crippen LogP contribution in [0, 0.1) is 0 Å². The molecule has 0 fully saturated rings. The lowest BCUT2D eigenvalue weighted by atomic mass is 10.3.